The molecule has 0 radical (unpaired) electrons. The Labute approximate surface area is 125 Å². The largest absolute Gasteiger partial charge is 0.309 e. The quantitative estimate of drug-likeness (QED) is 0.693. The van der Waals surface area contributed by atoms with Crippen molar-refractivity contribution in [3.05, 3.63) is 63.3 Å². The van der Waals surface area contributed by atoms with E-state index in [0.717, 1.165) is 0 Å². The Bertz CT molecular complexity index is 691. The van der Waals surface area contributed by atoms with Crippen molar-refractivity contribution in [2.45, 2.75) is 12.8 Å². The fourth-order valence-corrected chi connectivity index (χ4v) is 1.93. The number of aromatic nitrogens is 1. The highest BCUT2D eigenvalue weighted by Crippen LogP contribution is 2.23. The molecule has 1 atom stereocenters. The van der Waals surface area contributed by atoms with Crippen LogP contribution in [0.4, 0.5) is 11.5 Å². The Morgan fingerprint density at radius 1 is 1.38 bits per heavy atom. The summed E-state index contributed by atoms with van der Waals surface area (Å²) in [7, 11) is 0. The first-order chi connectivity index (χ1) is 9.99. The molecule has 0 saturated heterocycles. The number of carbonyl (C=O) groups excluding carboxylic acids is 1. The van der Waals surface area contributed by atoms with E-state index in [1.807, 2.05) is 0 Å². The summed E-state index contributed by atoms with van der Waals surface area (Å²) in [6, 6.07) is 9.24. The second kappa shape index (κ2) is 6.32. The number of carbonyl (C=O) groups is 1. The highest BCUT2D eigenvalue weighted by molar-refractivity contribution is 6.33. The van der Waals surface area contributed by atoms with E-state index in [9.17, 15) is 14.9 Å². The van der Waals surface area contributed by atoms with Crippen molar-refractivity contribution in [1.29, 1.82) is 0 Å². The standard InChI is InChI=1S/C14H12ClN3O3/c1-9(10-4-2-5-11(8-10)18(20)21)14(19)17-13-12(15)6-3-7-16-13/h2-9H,1H3,(H,16,17,19). The minimum atomic E-state index is -0.567. The summed E-state index contributed by atoms with van der Waals surface area (Å²) in [5, 5.41) is 13.7. The molecule has 0 saturated carbocycles. The summed E-state index contributed by atoms with van der Waals surface area (Å²) >= 11 is 5.92. The molecule has 0 spiro atoms. The van der Waals surface area contributed by atoms with Crippen LogP contribution in [0.3, 0.4) is 0 Å². The van der Waals surface area contributed by atoms with Crippen molar-refractivity contribution in [3.8, 4) is 0 Å². The molecule has 1 N–H and O–H groups in total. The van der Waals surface area contributed by atoms with Crippen molar-refractivity contribution in [2.24, 2.45) is 0 Å². The molecule has 1 aromatic heterocycles. The van der Waals surface area contributed by atoms with Crippen LogP contribution in [0.25, 0.3) is 0 Å². The summed E-state index contributed by atoms with van der Waals surface area (Å²) in [4.78, 5) is 26.4. The van der Waals surface area contributed by atoms with Gasteiger partial charge in [0.1, 0.15) is 0 Å². The van der Waals surface area contributed by atoms with E-state index < -0.39 is 10.8 Å². The first kappa shape index (κ1) is 14.9. The molecular formula is C14H12ClN3O3. The molecule has 1 amide bonds. The zero-order chi connectivity index (χ0) is 15.4. The topological polar surface area (TPSA) is 85.1 Å². The SMILES string of the molecule is CC(C(=O)Nc1ncccc1Cl)c1cccc([N+](=O)[O-])c1. The van der Waals surface area contributed by atoms with Gasteiger partial charge in [-0.2, -0.15) is 0 Å². The number of amides is 1. The molecule has 1 unspecified atom stereocenters. The van der Waals surface area contributed by atoms with Gasteiger partial charge in [-0.1, -0.05) is 23.7 Å². The molecule has 0 aliphatic rings. The zero-order valence-electron chi connectivity index (χ0n) is 11.1. The third kappa shape index (κ3) is 3.55. The molecule has 0 aliphatic carbocycles. The van der Waals surface area contributed by atoms with Gasteiger partial charge in [0.2, 0.25) is 5.91 Å². The first-order valence-corrected chi connectivity index (χ1v) is 6.52. The van der Waals surface area contributed by atoms with Gasteiger partial charge in [-0.25, -0.2) is 4.98 Å². The van der Waals surface area contributed by atoms with Crippen molar-refractivity contribution in [2.75, 3.05) is 5.32 Å². The van der Waals surface area contributed by atoms with Gasteiger partial charge >= 0.3 is 0 Å². The summed E-state index contributed by atoms with van der Waals surface area (Å²) in [6.07, 6.45) is 1.51. The molecule has 0 aliphatic heterocycles. The number of rotatable bonds is 4. The average Bonchev–Trinajstić information content (AvgIpc) is 2.49. The molecule has 108 valence electrons. The number of nitro benzene ring substituents is 1. The molecule has 6 nitrogen and oxygen atoms in total. The maximum Gasteiger partial charge on any atom is 0.269 e. The Morgan fingerprint density at radius 2 is 2.14 bits per heavy atom. The van der Waals surface area contributed by atoms with Gasteiger partial charge < -0.3 is 5.32 Å². The number of nitrogens with one attached hydrogen (secondary N) is 1. The van der Waals surface area contributed by atoms with E-state index in [4.69, 9.17) is 11.6 Å². The maximum absolute atomic E-state index is 12.2. The van der Waals surface area contributed by atoms with Crippen molar-refractivity contribution in [1.82, 2.24) is 4.98 Å². The van der Waals surface area contributed by atoms with Crippen LogP contribution >= 0.6 is 11.6 Å². The second-order valence-corrected chi connectivity index (χ2v) is 4.80. The van der Waals surface area contributed by atoms with E-state index in [0.29, 0.717) is 10.6 Å². The van der Waals surface area contributed by atoms with Gasteiger partial charge in [0.05, 0.1) is 15.9 Å². The monoisotopic (exact) mass is 305 g/mol. The number of hydrogen-bond acceptors (Lipinski definition) is 4. The summed E-state index contributed by atoms with van der Waals surface area (Å²) < 4.78 is 0. The number of nitro groups is 1. The Morgan fingerprint density at radius 3 is 2.81 bits per heavy atom. The lowest BCUT2D eigenvalue weighted by atomic mass is 10.00. The molecular weight excluding hydrogens is 294 g/mol. The van der Waals surface area contributed by atoms with Gasteiger partial charge in [-0.15, -0.1) is 0 Å². The van der Waals surface area contributed by atoms with Crippen LogP contribution in [0.1, 0.15) is 18.4 Å². The lowest BCUT2D eigenvalue weighted by Gasteiger charge is -2.12. The average molecular weight is 306 g/mol. The van der Waals surface area contributed by atoms with Crippen LogP contribution in [-0.2, 0) is 4.79 Å². The van der Waals surface area contributed by atoms with Gasteiger partial charge in [0, 0.05) is 18.3 Å². The number of halogens is 1. The third-order valence-corrected chi connectivity index (χ3v) is 3.28. The predicted molar refractivity (Wildman–Crippen MR) is 79.4 cm³/mol. The summed E-state index contributed by atoms with van der Waals surface area (Å²) in [6.45, 7) is 1.66. The number of hydrogen-bond donors (Lipinski definition) is 1. The third-order valence-electron chi connectivity index (χ3n) is 2.97. The smallest absolute Gasteiger partial charge is 0.269 e. The molecule has 0 fully saturated rings. The van der Waals surface area contributed by atoms with Crippen molar-refractivity contribution < 1.29 is 9.72 Å². The Hall–Kier alpha value is -2.47. The highest BCUT2D eigenvalue weighted by Gasteiger charge is 2.19. The van der Waals surface area contributed by atoms with Crippen LogP contribution < -0.4 is 5.32 Å². The molecule has 0 bridgehead atoms. The number of pyridine rings is 1. The van der Waals surface area contributed by atoms with Crippen LogP contribution in [-0.4, -0.2) is 15.8 Å². The van der Waals surface area contributed by atoms with E-state index >= 15 is 0 Å². The number of non-ortho nitro benzene ring substituents is 1. The number of anilines is 1. The van der Waals surface area contributed by atoms with E-state index in [1.54, 1.807) is 31.2 Å². The van der Waals surface area contributed by atoms with Crippen LogP contribution in [0.5, 0.6) is 0 Å². The van der Waals surface area contributed by atoms with Crippen LogP contribution in [0.15, 0.2) is 42.6 Å². The molecule has 7 heteroatoms. The maximum atomic E-state index is 12.2. The fraction of sp³-hybridized carbons (Fsp3) is 0.143. The highest BCUT2D eigenvalue weighted by atomic mass is 35.5. The summed E-state index contributed by atoms with van der Waals surface area (Å²) in [5.74, 6) is -0.638. The molecule has 2 aromatic rings. The molecule has 21 heavy (non-hydrogen) atoms. The number of nitrogens with zero attached hydrogens (tertiary/aromatic N) is 2. The first-order valence-electron chi connectivity index (χ1n) is 6.15. The van der Waals surface area contributed by atoms with Gasteiger partial charge in [0.25, 0.3) is 5.69 Å². The molecule has 1 heterocycles. The minimum absolute atomic E-state index is 0.0528. The Balaban J connectivity index is 2.18. The van der Waals surface area contributed by atoms with E-state index in [1.165, 1.54) is 18.3 Å². The van der Waals surface area contributed by atoms with Crippen molar-refractivity contribution in [3.63, 3.8) is 0 Å². The van der Waals surface area contributed by atoms with Crippen molar-refractivity contribution >= 4 is 29.0 Å². The lowest BCUT2D eigenvalue weighted by molar-refractivity contribution is -0.384. The van der Waals surface area contributed by atoms with E-state index in [-0.39, 0.29) is 17.4 Å². The summed E-state index contributed by atoms with van der Waals surface area (Å²) in [5.41, 5.74) is 0.497. The Kier molecular flexibility index (Phi) is 4.49. The van der Waals surface area contributed by atoms with Gasteiger partial charge in [-0.3, -0.25) is 14.9 Å². The second-order valence-electron chi connectivity index (χ2n) is 4.40. The normalized spacial score (nSPS) is 11.7. The van der Waals surface area contributed by atoms with Gasteiger partial charge in [0.15, 0.2) is 5.82 Å². The van der Waals surface area contributed by atoms with E-state index in [2.05, 4.69) is 10.3 Å². The number of benzene rings is 1. The zero-order valence-corrected chi connectivity index (χ0v) is 11.9. The molecule has 1 aromatic carbocycles. The minimum Gasteiger partial charge on any atom is -0.309 e. The van der Waals surface area contributed by atoms with Crippen LogP contribution in [0.2, 0.25) is 5.02 Å². The van der Waals surface area contributed by atoms with Crippen LogP contribution in [0, 0.1) is 10.1 Å². The lowest BCUT2D eigenvalue weighted by Crippen LogP contribution is -2.19. The predicted octanol–water partition coefficient (Wildman–Crippen LogP) is 3.39. The van der Waals surface area contributed by atoms with Gasteiger partial charge in [-0.05, 0) is 24.6 Å². The fourth-order valence-electron chi connectivity index (χ4n) is 1.76. The molecule has 2 rings (SSSR count).